The third-order valence-corrected chi connectivity index (χ3v) is 4.73. The zero-order valence-corrected chi connectivity index (χ0v) is 16.2. The summed E-state index contributed by atoms with van der Waals surface area (Å²) in [5, 5.41) is 0. The van der Waals surface area contributed by atoms with Crippen molar-refractivity contribution in [1.29, 1.82) is 0 Å². The second kappa shape index (κ2) is 7.97. The fourth-order valence-corrected chi connectivity index (χ4v) is 3.46. The summed E-state index contributed by atoms with van der Waals surface area (Å²) in [4.78, 5) is 23.1. The number of rotatable bonds is 4. The van der Waals surface area contributed by atoms with Crippen molar-refractivity contribution in [3.05, 3.63) is 58.3 Å². The first-order chi connectivity index (χ1) is 12.0. The van der Waals surface area contributed by atoms with Gasteiger partial charge < -0.3 is 14.7 Å². The minimum atomic E-state index is 0.0507. The van der Waals surface area contributed by atoms with Gasteiger partial charge >= 0.3 is 0 Å². The number of nitrogens with zero attached hydrogens (tertiary/aromatic N) is 4. The Kier molecular flexibility index (Phi) is 5.71. The maximum absolute atomic E-state index is 12.6. The van der Waals surface area contributed by atoms with E-state index in [1.807, 2.05) is 11.0 Å². The lowest BCUT2D eigenvalue weighted by molar-refractivity contribution is 0.0746. The summed E-state index contributed by atoms with van der Waals surface area (Å²) in [5.41, 5.74) is 3.17. The number of anilines is 1. The first-order valence-corrected chi connectivity index (χ1v) is 9.20. The van der Waals surface area contributed by atoms with Crippen LogP contribution in [0.4, 0.5) is 5.69 Å². The molecular formula is C19H23BrN4O. The van der Waals surface area contributed by atoms with Crippen LogP contribution in [-0.2, 0) is 6.54 Å². The Morgan fingerprint density at radius 3 is 2.60 bits per heavy atom. The molecule has 1 aromatic heterocycles. The van der Waals surface area contributed by atoms with Gasteiger partial charge in [-0.15, -0.1) is 0 Å². The predicted molar refractivity (Wildman–Crippen MR) is 104 cm³/mol. The van der Waals surface area contributed by atoms with Crippen LogP contribution < -0.4 is 4.90 Å². The van der Waals surface area contributed by atoms with Crippen LogP contribution in [0.2, 0.25) is 0 Å². The molecule has 0 radical (unpaired) electrons. The van der Waals surface area contributed by atoms with E-state index >= 15 is 0 Å². The second-order valence-corrected chi connectivity index (χ2v) is 7.49. The van der Waals surface area contributed by atoms with Crippen LogP contribution in [0.15, 0.2) is 47.2 Å². The number of hydrogen-bond acceptors (Lipinski definition) is 4. The summed E-state index contributed by atoms with van der Waals surface area (Å²) in [5.74, 6) is 0.0507. The van der Waals surface area contributed by atoms with E-state index in [1.54, 1.807) is 12.4 Å². The molecule has 2 aromatic rings. The lowest BCUT2D eigenvalue weighted by Crippen LogP contribution is -2.48. The minimum absolute atomic E-state index is 0.0507. The fourth-order valence-electron chi connectivity index (χ4n) is 3.10. The zero-order valence-electron chi connectivity index (χ0n) is 14.7. The fraction of sp³-hybridized carbons (Fsp3) is 0.368. The van der Waals surface area contributed by atoms with Crippen LogP contribution in [0.5, 0.6) is 0 Å². The number of hydrogen-bond donors (Lipinski definition) is 0. The van der Waals surface area contributed by atoms with E-state index in [9.17, 15) is 4.79 Å². The Labute approximate surface area is 157 Å². The van der Waals surface area contributed by atoms with E-state index in [0.717, 1.165) is 37.2 Å². The zero-order chi connectivity index (χ0) is 17.8. The molecule has 0 bridgehead atoms. The molecule has 1 aliphatic heterocycles. The van der Waals surface area contributed by atoms with Gasteiger partial charge in [0.05, 0.1) is 5.56 Å². The van der Waals surface area contributed by atoms with Crippen LogP contribution in [0.25, 0.3) is 0 Å². The average Bonchev–Trinajstić information content (AvgIpc) is 2.61. The summed E-state index contributed by atoms with van der Waals surface area (Å²) in [6, 6.07) is 10.5. The predicted octanol–water partition coefficient (Wildman–Crippen LogP) is 2.87. The van der Waals surface area contributed by atoms with Crippen molar-refractivity contribution in [2.75, 3.05) is 45.2 Å². The van der Waals surface area contributed by atoms with Crippen LogP contribution >= 0.6 is 15.9 Å². The van der Waals surface area contributed by atoms with Crippen LogP contribution in [0.1, 0.15) is 15.9 Å². The monoisotopic (exact) mass is 402 g/mol. The number of amides is 1. The topological polar surface area (TPSA) is 39.7 Å². The minimum Gasteiger partial charge on any atom is -0.368 e. The molecule has 1 fully saturated rings. The molecule has 5 nitrogen and oxygen atoms in total. The van der Waals surface area contributed by atoms with E-state index in [1.165, 1.54) is 11.3 Å². The molecule has 1 aromatic carbocycles. The van der Waals surface area contributed by atoms with Gasteiger partial charge in [0.15, 0.2) is 0 Å². The molecular weight excluding hydrogens is 380 g/mol. The quantitative estimate of drug-likeness (QED) is 0.787. The highest BCUT2D eigenvalue weighted by atomic mass is 79.9. The molecule has 3 rings (SSSR count). The number of benzene rings is 1. The average molecular weight is 403 g/mol. The Hall–Kier alpha value is -1.92. The number of pyridine rings is 1. The van der Waals surface area contributed by atoms with Crippen molar-refractivity contribution in [3.8, 4) is 0 Å². The smallest absolute Gasteiger partial charge is 0.255 e. The highest BCUT2D eigenvalue weighted by Crippen LogP contribution is 2.20. The summed E-state index contributed by atoms with van der Waals surface area (Å²) in [6.45, 7) is 4.08. The standard InChI is InChI=1S/C19H23BrN4O/c1-22(2)14-15-4-3-5-18(10-15)23-6-8-24(9-7-23)19(25)16-11-17(20)13-21-12-16/h3-5,10-13H,6-9,14H2,1-2H3. The van der Waals surface area contributed by atoms with Crippen molar-refractivity contribution in [2.45, 2.75) is 6.54 Å². The van der Waals surface area contributed by atoms with Crippen molar-refractivity contribution in [3.63, 3.8) is 0 Å². The van der Waals surface area contributed by atoms with Gasteiger partial charge in [-0.25, -0.2) is 0 Å². The van der Waals surface area contributed by atoms with Crippen LogP contribution in [-0.4, -0.2) is 61.0 Å². The van der Waals surface area contributed by atoms with E-state index in [0.29, 0.717) is 5.56 Å². The Balaban J connectivity index is 1.63. The summed E-state index contributed by atoms with van der Waals surface area (Å²) < 4.78 is 0.828. The highest BCUT2D eigenvalue weighted by Gasteiger charge is 2.22. The van der Waals surface area contributed by atoms with Crippen LogP contribution in [0, 0.1) is 0 Å². The van der Waals surface area contributed by atoms with Crippen LogP contribution in [0.3, 0.4) is 0 Å². The van der Waals surface area contributed by atoms with Crippen molar-refractivity contribution < 1.29 is 4.79 Å². The lowest BCUT2D eigenvalue weighted by atomic mass is 10.1. The Morgan fingerprint density at radius 2 is 1.92 bits per heavy atom. The third-order valence-electron chi connectivity index (χ3n) is 4.29. The molecule has 1 amide bonds. The molecule has 25 heavy (non-hydrogen) atoms. The van der Waals surface area contributed by atoms with E-state index in [2.05, 4.69) is 69.1 Å². The van der Waals surface area contributed by atoms with Crippen molar-refractivity contribution >= 4 is 27.5 Å². The molecule has 1 aliphatic rings. The maximum atomic E-state index is 12.6. The van der Waals surface area contributed by atoms with Gasteiger partial charge in [0.25, 0.3) is 5.91 Å². The number of carbonyl (C=O) groups excluding carboxylic acids is 1. The van der Waals surface area contributed by atoms with Gasteiger partial charge in [0.2, 0.25) is 0 Å². The normalized spacial score (nSPS) is 14.9. The largest absolute Gasteiger partial charge is 0.368 e. The molecule has 6 heteroatoms. The summed E-state index contributed by atoms with van der Waals surface area (Å²) in [6.07, 6.45) is 3.32. The number of aromatic nitrogens is 1. The molecule has 0 unspecified atom stereocenters. The number of halogens is 1. The molecule has 2 heterocycles. The van der Waals surface area contributed by atoms with Gasteiger partial charge in [-0.1, -0.05) is 12.1 Å². The van der Waals surface area contributed by atoms with Gasteiger partial charge in [-0.2, -0.15) is 0 Å². The Morgan fingerprint density at radius 1 is 1.16 bits per heavy atom. The first-order valence-electron chi connectivity index (χ1n) is 8.41. The van der Waals surface area contributed by atoms with Gasteiger partial charge in [0.1, 0.15) is 0 Å². The first kappa shape index (κ1) is 17.9. The van der Waals surface area contributed by atoms with Crippen molar-refractivity contribution in [1.82, 2.24) is 14.8 Å². The van der Waals surface area contributed by atoms with E-state index < -0.39 is 0 Å². The second-order valence-electron chi connectivity index (χ2n) is 6.58. The molecule has 0 atom stereocenters. The maximum Gasteiger partial charge on any atom is 0.255 e. The van der Waals surface area contributed by atoms with Gasteiger partial charge in [-0.05, 0) is 53.8 Å². The Bertz CT molecular complexity index is 742. The van der Waals surface area contributed by atoms with E-state index in [-0.39, 0.29) is 5.91 Å². The van der Waals surface area contributed by atoms with Crippen molar-refractivity contribution in [2.24, 2.45) is 0 Å². The molecule has 0 saturated carbocycles. The third kappa shape index (κ3) is 4.58. The number of piperazine rings is 1. The highest BCUT2D eigenvalue weighted by molar-refractivity contribution is 9.10. The molecule has 0 aliphatic carbocycles. The van der Waals surface area contributed by atoms with Gasteiger partial charge in [-0.3, -0.25) is 9.78 Å². The van der Waals surface area contributed by atoms with Gasteiger partial charge in [0, 0.05) is 55.3 Å². The summed E-state index contributed by atoms with van der Waals surface area (Å²) in [7, 11) is 4.15. The summed E-state index contributed by atoms with van der Waals surface area (Å²) >= 11 is 3.37. The van der Waals surface area contributed by atoms with E-state index in [4.69, 9.17) is 0 Å². The molecule has 1 saturated heterocycles. The molecule has 0 spiro atoms. The SMILES string of the molecule is CN(C)Cc1cccc(N2CCN(C(=O)c3cncc(Br)c3)CC2)c1. The lowest BCUT2D eigenvalue weighted by Gasteiger charge is -2.36. The molecule has 0 N–H and O–H groups in total. The molecule has 132 valence electrons. The number of carbonyl (C=O) groups is 1.